The second kappa shape index (κ2) is 8.52. The zero-order valence-corrected chi connectivity index (χ0v) is 16.7. The summed E-state index contributed by atoms with van der Waals surface area (Å²) in [5.74, 6) is -0.744. The molecule has 7 nitrogen and oxygen atoms in total. The van der Waals surface area contributed by atoms with Gasteiger partial charge in [-0.3, -0.25) is 4.79 Å². The summed E-state index contributed by atoms with van der Waals surface area (Å²) in [5.41, 5.74) is 2.23. The Hall–Kier alpha value is -3.42. The Balaban J connectivity index is 1.38. The third-order valence-corrected chi connectivity index (χ3v) is 5.29. The van der Waals surface area contributed by atoms with E-state index in [4.69, 9.17) is 4.42 Å². The van der Waals surface area contributed by atoms with Crippen LogP contribution in [0.1, 0.15) is 19.8 Å². The van der Waals surface area contributed by atoms with Crippen LogP contribution in [-0.2, 0) is 11.3 Å². The average Bonchev–Trinajstić information content (AvgIpc) is 3.10. The molecule has 1 amide bonds. The second-order valence-corrected chi connectivity index (χ2v) is 7.60. The molecule has 1 aliphatic rings. The van der Waals surface area contributed by atoms with Gasteiger partial charge in [0, 0.05) is 30.0 Å². The Morgan fingerprint density at radius 1 is 1.13 bits per heavy atom. The molecule has 3 aromatic rings. The van der Waals surface area contributed by atoms with E-state index >= 15 is 0 Å². The number of benzene rings is 2. The normalized spacial score (nSPS) is 14.7. The molecule has 0 spiro atoms. The molecule has 8 heteroatoms. The van der Waals surface area contributed by atoms with E-state index in [1.54, 1.807) is 0 Å². The maximum absolute atomic E-state index is 13.0. The third-order valence-electron chi connectivity index (χ3n) is 5.29. The Morgan fingerprint density at radius 2 is 1.80 bits per heavy atom. The lowest BCUT2D eigenvalue weighted by Gasteiger charge is -2.32. The van der Waals surface area contributed by atoms with Crippen molar-refractivity contribution < 1.29 is 13.6 Å². The Morgan fingerprint density at radius 3 is 2.47 bits per heavy atom. The number of aromatic nitrogens is 2. The molecule has 0 unspecified atom stereocenters. The monoisotopic (exact) mass is 410 g/mol. The lowest BCUT2D eigenvalue weighted by Crippen LogP contribution is -2.32. The predicted octanol–water partition coefficient (Wildman–Crippen LogP) is 3.52. The largest absolute Gasteiger partial charge is 0.437 e. The van der Waals surface area contributed by atoms with E-state index in [0.29, 0.717) is 11.3 Å². The lowest BCUT2D eigenvalue weighted by molar-refractivity contribution is -0.117. The molecule has 2 heterocycles. The van der Waals surface area contributed by atoms with Gasteiger partial charge in [-0.2, -0.15) is 4.68 Å². The lowest BCUT2D eigenvalue weighted by atomic mass is 9.99. The Bertz CT molecular complexity index is 1070. The van der Waals surface area contributed by atoms with Crippen LogP contribution < -0.4 is 16.0 Å². The van der Waals surface area contributed by atoms with E-state index in [1.165, 1.54) is 37.1 Å². The number of rotatable bonds is 5. The summed E-state index contributed by atoms with van der Waals surface area (Å²) in [7, 11) is 0. The predicted molar refractivity (Wildman–Crippen MR) is 112 cm³/mol. The van der Waals surface area contributed by atoms with E-state index < -0.39 is 17.5 Å². The van der Waals surface area contributed by atoms with Crippen LogP contribution in [0.3, 0.4) is 0 Å². The number of nitrogens with zero attached hydrogens (tertiary/aromatic N) is 3. The molecule has 1 fully saturated rings. The van der Waals surface area contributed by atoms with Crippen molar-refractivity contribution in [3.8, 4) is 11.5 Å². The van der Waals surface area contributed by atoms with Crippen molar-refractivity contribution in [3.63, 3.8) is 0 Å². The zero-order chi connectivity index (χ0) is 21.1. The van der Waals surface area contributed by atoms with Crippen LogP contribution in [0.15, 0.2) is 57.7 Å². The third kappa shape index (κ3) is 4.59. The fourth-order valence-corrected chi connectivity index (χ4v) is 3.47. The minimum atomic E-state index is -0.751. The smallest absolute Gasteiger partial charge is 0.388 e. The maximum atomic E-state index is 13.0. The number of carbonyl (C=O) groups excluding carboxylic acids is 1. The minimum absolute atomic E-state index is 0.0352. The molecular formula is C22H23FN4O3. The van der Waals surface area contributed by atoms with Gasteiger partial charge in [-0.25, -0.2) is 9.18 Å². The molecule has 1 aromatic heterocycles. The Labute approximate surface area is 173 Å². The minimum Gasteiger partial charge on any atom is -0.388 e. The van der Waals surface area contributed by atoms with Crippen molar-refractivity contribution in [2.75, 3.05) is 23.3 Å². The summed E-state index contributed by atoms with van der Waals surface area (Å²) < 4.78 is 19.1. The number of hydrogen-bond acceptors (Lipinski definition) is 5. The van der Waals surface area contributed by atoms with Gasteiger partial charge in [-0.05, 0) is 67.3 Å². The van der Waals surface area contributed by atoms with Crippen LogP contribution in [0, 0.1) is 11.7 Å². The van der Waals surface area contributed by atoms with Crippen molar-refractivity contribution in [2.45, 2.75) is 26.3 Å². The summed E-state index contributed by atoms with van der Waals surface area (Å²) in [6.07, 6.45) is 2.37. The summed E-state index contributed by atoms with van der Waals surface area (Å²) in [4.78, 5) is 26.7. The van der Waals surface area contributed by atoms with Crippen molar-refractivity contribution in [1.82, 2.24) is 9.78 Å². The fraction of sp³-hybridized carbons (Fsp3) is 0.318. The van der Waals surface area contributed by atoms with Gasteiger partial charge in [0.25, 0.3) is 0 Å². The number of halogens is 1. The molecule has 4 rings (SSSR count). The summed E-state index contributed by atoms with van der Waals surface area (Å²) in [6.45, 7) is 4.07. The van der Waals surface area contributed by atoms with Crippen molar-refractivity contribution >= 4 is 17.3 Å². The first-order chi connectivity index (χ1) is 14.5. The van der Waals surface area contributed by atoms with Gasteiger partial charge < -0.3 is 14.6 Å². The van der Waals surface area contributed by atoms with E-state index in [0.717, 1.165) is 29.4 Å². The Kier molecular flexibility index (Phi) is 5.65. The number of anilines is 2. The van der Waals surface area contributed by atoms with Crippen molar-refractivity contribution in [1.29, 1.82) is 0 Å². The quantitative estimate of drug-likeness (QED) is 0.696. The van der Waals surface area contributed by atoms with E-state index in [1.807, 2.05) is 24.3 Å². The standard InChI is InChI=1S/C22H23FN4O3/c1-15-10-12-26(13-11-15)19-8-6-18(7-9-19)24-20(28)14-27-22(29)30-21(25-27)16-2-4-17(23)5-3-16/h2-9,15H,10-14H2,1H3,(H,24,28). The topological polar surface area (TPSA) is 80.4 Å². The van der Waals surface area contributed by atoms with E-state index in [2.05, 4.69) is 22.2 Å². The van der Waals surface area contributed by atoms with Gasteiger partial charge in [-0.1, -0.05) is 6.92 Å². The van der Waals surface area contributed by atoms with Gasteiger partial charge in [0.2, 0.25) is 11.8 Å². The van der Waals surface area contributed by atoms with Crippen LogP contribution >= 0.6 is 0 Å². The molecule has 0 saturated carbocycles. The first-order valence-electron chi connectivity index (χ1n) is 9.97. The second-order valence-electron chi connectivity index (χ2n) is 7.60. The molecule has 0 atom stereocenters. The fourth-order valence-electron chi connectivity index (χ4n) is 3.47. The molecule has 1 saturated heterocycles. The van der Waals surface area contributed by atoms with Gasteiger partial charge in [0.05, 0.1) is 0 Å². The highest BCUT2D eigenvalue weighted by molar-refractivity contribution is 5.90. The number of carbonyl (C=O) groups is 1. The molecule has 0 aliphatic carbocycles. The van der Waals surface area contributed by atoms with Crippen LogP contribution in [0.25, 0.3) is 11.5 Å². The van der Waals surface area contributed by atoms with Crippen molar-refractivity contribution in [3.05, 3.63) is 64.9 Å². The molecule has 0 bridgehead atoms. The summed E-state index contributed by atoms with van der Waals surface area (Å²) in [6, 6.07) is 13.1. The maximum Gasteiger partial charge on any atom is 0.437 e. The van der Waals surface area contributed by atoms with Crippen LogP contribution in [0.2, 0.25) is 0 Å². The van der Waals surface area contributed by atoms with Crippen LogP contribution in [0.4, 0.5) is 15.8 Å². The molecule has 0 radical (unpaired) electrons. The number of hydrogen-bond donors (Lipinski definition) is 1. The van der Waals surface area contributed by atoms with E-state index in [-0.39, 0.29) is 12.4 Å². The molecule has 156 valence electrons. The number of amides is 1. The molecule has 1 N–H and O–H groups in total. The average molecular weight is 410 g/mol. The first-order valence-corrected chi connectivity index (χ1v) is 9.97. The number of piperidine rings is 1. The number of nitrogens with one attached hydrogen (secondary N) is 1. The van der Waals surface area contributed by atoms with E-state index in [9.17, 15) is 14.0 Å². The van der Waals surface area contributed by atoms with Crippen molar-refractivity contribution in [2.24, 2.45) is 5.92 Å². The molecule has 30 heavy (non-hydrogen) atoms. The van der Waals surface area contributed by atoms with Gasteiger partial charge >= 0.3 is 5.76 Å². The highest BCUT2D eigenvalue weighted by Crippen LogP contribution is 2.24. The summed E-state index contributed by atoms with van der Waals surface area (Å²) >= 11 is 0. The summed E-state index contributed by atoms with van der Waals surface area (Å²) in [5, 5.41) is 6.78. The van der Waals surface area contributed by atoms with Gasteiger partial charge in [-0.15, -0.1) is 5.10 Å². The first kappa shape index (κ1) is 19.9. The van der Waals surface area contributed by atoms with Crippen LogP contribution in [0.5, 0.6) is 0 Å². The zero-order valence-electron chi connectivity index (χ0n) is 16.7. The highest BCUT2D eigenvalue weighted by atomic mass is 19.1. The SMILES string of the molecule is CC1CCN(c2ccc(NC(=O)Cn3nc(-c4ccc(F)cc4)oc3=O)cc2)CC1. The molecular weight excluding hydrogens is 387 g/mol. The molecule has 1 aliphatic heterocycles. The van der Waals surface area contributed by atoms with Crippen LogP contribution in [-0.4, -0.2) is 28.8 Å². The highest BCUT2D eigenvalue weighted by Gasteiger charge is 2.16. The molecule has 2 aromatic carbocycles. The van der Waals surface area contributed by atoms with Gasteiger partial charge in [0.15, 0.2) is 0 Å². The van der Waals surface area contributed by atoms with Gasteiger partial charge in [0.1, 0.15) is 12.4 Å².